The average molecular weight is 281 g/mol. The molecular formula is C18H23N3. The van der Waals surface area contributed by atoms with E-state index in [0.717, 1.165) is 23.4 Å². The lowest BCUT2D eigenvalue weighted by atomic mass is 10.0. The largest absolute Gasteiger partial charge is 0.397 e. The third-order valence-electron chi connectivity index (χ3n) is 4.37. The minimum atomic E-state index is 0.755. The Morgan fingerprint density at radius 2 is 1.76 bits per heavy atom. The summed E-state index contributed by atoms with van der Waals surface area (Å²) in [4.78, 5) is 6.75. The number of pyridine rings is 1. The van der Waals surface area contributed by atoms with Gasteiger partial charge >= 0.3 is 0 Å². The van der Waals surface area contributed by atoms with Crippen LogP contribution in [0.3, 0.4) is 0 Å². The molecule has 0 radical (unpaired) electrons. The van der Waals surface area contributed by atoms with E-state index in [1.54, 1.807) is 6.20 Å². The van der Waals surface area contributed by atoms with Crippen LogP contribution >= 0.6 is 0 Å². The summed E-state index contributed by atoms with van der Waals surface area (Å²) in [6, 6.07) is 8.82. The Morgan fingerprint density at radius 1 is 1.05 bits per heavy atom. The minimum absolute atomic E-state index is 0.755. The van der Waals surface area contributed by atoms with E-state index in [-0.39, 0.29) is 0 Å². The van der Waals surface area contributed by atoms with E-state index < -0.39 is 0 Å². The molecule has 3 rings (SSSR count). The lowest BCUT2D eigenvalue weighted by molar-refractivity contribution is 0.221. The second-order valence-electron chi connectivity index (χ2n) is 5.94. The molecule has 0 spiro atoms. The van der Waals surface area contributed by atoms with Gasteiger partial charge in [-0.25, -0.2) is 0 Å². The highest BCUT2D eigenvalue weighted by Crippen LogP contribution is 2.26. The number of nitrogen functional groups attached to an aromatic ring is 1. The van der Waals surface area contributed by atoms with E-state index in [4.69, 9.17) is 5.73 Å². The van der Waals surface area contributed by atoms with Crippen molar-refractivity contribution in [3.8, 4) is 11.1 Å². The summed E-state index contributed by atoms with van der Waals surface area (Å²) < 4.78 is 0. The van der Waals surface area contributed by atoms with Gasteiger partial charge in [0.2, 0.25) is 0 Å². The number of hydrogen-bond acceptors (Lipinski definition) is 3. The van der Waals surface area contributed by atoms with Crippen molar-refractivity contribution in [3.63, 3.8) is 0 Å². The van der Waals surface area contributed by atoms with Gasteiger partial charge in [0.1, 0.15) is 0 Å². The highest BCUT2D eigenvalue weighted by molar-refractivity contribution is 5.71. The topological polar surface area (TPSA) is 42.1 Å². The van der Waals surface area contributed by atoms with E-state index in [9.17, 15) is 0 Å². The molecule has 1 aliphatic heterocycles. The van der Waals surface area contributed by atoms with Crippen molar-refractivity contribution in [2.45, 2.75) is 32.7 Å². The second kappa shape index (κ2) is 6.27. The normalized spacial score (nSPS) is 16.0. The zero-order valence-corrected chi connectivity index (χ0v) is 12.7. The summed E-state index contributed by atoms with van der Waals surface area (Å²) in [7, 11) is 0. The summed E-state index contributed by atoms with van der Waals surface area (Å²) in [5, 5.41) is 0. The Balaban J connectivity index is 1.75. The standard InChI is InChI=1S/C18H23N3/c1-14-17(11-20-12-18(14)19)16-7-5-15(6-8-16)13-21-9-3-2-4-10-21/h5-8,11-12H,2-4,9-10,13,19H2,1H3. The molecule has 21 heavy (non-hydrogen) atoms. The number of hydrogen-bond donors (Lipinski definition) is 1. The summed E-state index contributed by atoms with van der Waals surface area (Å²) >= 11 is 0. The first-order chi connectivity index (χ1) is 10.2. The first-order valence-corrected chi connectivity index (χ1v) is 7.76. The van der Waals surface area contributed by atoms with Crippen LogP contribution in [0.2, 0.25) is 0 Å². The van der Waals surface area contributed by atoms with Gasteiger partial charge in [-0.2, -0.15) is 0 Å². The van der Waals surface area contributed by atoms with Crippen LogP contribution in [0.15, 0.2) is 36.7 Å². The number of nitrogens with two attached hydrogens (primary N) is 1. The zero-order chi connectivity index (χ0) is 14.7. The van der Waals surface area contributed by atoms with Crippen molar-refractivity contribution in [3.05, 3.63) is 47.8 Å². The van der Waals surface area contributed by atoms with E-state index in [0.29, 0.717) is 0 Å². The second-order valence-corrected chi connectivity index (χ2v) is 5.94. The van der Waals surface area contributed by atoms with Crippen molar-refractivity contribution in [2.75, 3.05) is 18.8 Å². The Hall–Kier alpha value is -1.87. The highest BCUT2D eigenvalue weighted by Gasteiger charge is 2.10. The van der Waals surface area contributed by atoms with Crippen LogP contribution < -0.4 is 5.73 Å². The molecule has 1 saturated heterocycles. The van der Waals surface area contributed by atoms with Gasteiger partial charge in [0.05, 0.1) is 11.9 Å². The number of piperidine rings is 1. The smallest absolute Gasteiger partial charge is 0.0536 e. The van der Waals surface area contributed by atoms with Gasteiger partial charge in [-0.3, -0.25) is 9.88 Å². The van der Waals surface area contributed by atoms with Crippen LogP contribution in [0.1, 0.15) is 30.4 Å². The summed E-state index contributed by atoms with van der Waals surface area (Å²) in [5.41, 5.74) is 11.5. The maximum Gasteiger partial charge on any atom is 0.0536 e. The molecular weight excluding hydrogens is 258 g/mol. The van der Waals surface area contributed by atoms with Crippen LogP contribution in [0, 0.1) is 6.92 Å². The number of aromatic nitrogens is 1. The summed E-state index contributed by atoms with van der Waals surface area (Å²) in [6.45, 7) is 5.59. The summed E-state index contributed by atoms with van der Waals surface area (Å²) in [5.74, 6) is 0. The molecule has 2 heterocycles. The van der Waals surface area contributed by atoms with Gasteiger partial charge in [-0.05, 0) is 49.5 Å². The predicted molar refractivity (Wildman–Crippen MR) is 88.0 cm³/mol. The van der Waals surface area contributed by atoms with Crippen LogP contribution in [0.4, 0.5) is 5.69 Å². The Morgan fingerprint density at radius 3 is 2.48 bits per heavy atom. The van der Waals surface area contributed by atoms with Gasteiger partial charge in [0.25, 0.3) is 0 Å². The third-order valence-corrected chi connectivity index (χ3v) is 4.37. The predicted octanol–water partition coefficient (Wildman–Crippen LogP) is 3.63. The Bertz CT molecular complexity index is 598. The molecule has 0 atom stereocenters. The summed E-state index contributed by atoms with van der Waals surface area (Å²) in [6.07, 6.45) is 7.67. The van der Waals surface area contributed by atoms with E-state index in [1.165, 1.54) is 43.5 Å². The molecule has 2 aromatic rings. The molecule has 0 unspecified atom stereocenters. The van der Waals surface area contributed by atoms with Crippen LogP contribution in [0.25, 0.3) is 11.1 Å². The number of benzene rings is 1. The van der Waals surface area contributed by atoms with E-state index >= 15 is 0 Å². The van der Waals surface area contributed by atoms with Gasteiger partial charge in [0, 0.05) is 18.3 Å². The molecule has 3 nitrogen and oxygen atoms in total. The van der Waals surface area contributed by atoms with Crippen molar-refractivity contribution in [1.29, 1.82) is 0 Å². The first kappa shape index (κ1) is 14.1. The fourth-order valence-electron chi connectivity index (χ4n) is 3.00. The Kier molecular flexibility index (Phi) is 4.20. The minimum Gasteiger partial charge on any atom is -0.397 e. The Labute approximate surface area is 126 Å². The number of anilines is 1. The van der Waals surface area contributed by atoms with Gasteiger partial charge < -0.3 is 5.73 Å². The molecule has 1 fully saturated rings. The van der Waals surface area contributed by atoms with Crippen molar-refractivity contribution >= 4 is 5.69 Å². The molecule has 2 N–H and O–H groups in total. The fourth-order valence-corrected chi connectivity index (χ4v) is 3.00. The zero-order valence-electron chi connectivity index (χ0n) is 12.7. The maximum atomic E-state index is 5.94. The molecule has 3 heteroatoms. The third kappa shape index (κ3) is 3.24. The van der Waals surface area contributed by atoms with Gasteiger partial charge in [-0.1, -0.05) is 30.7 Å². The van der Waals surface area contributed by atoms with Crippen LogP contribution in [-0.2, 0) is 6.54 Å². The molecule has 1 aromatic heterocycles. The van der Waals surface area contributed by atoms with E-state index in [2.05, 4.69) is 34.1 Å². The van der Waals surface area contributed by atoms with E-state index in [1.807, 2.05) is 13.1 Å². The molecule has 0 saturated carbocycles. The van der Waals surface area contributed by atoms with Gasteiger partial charge in [-0.15, -0.1) is 0 Å². The molecule has 0 aliphatic carbocycles. The monoisotopic (exact) mass is 281 g/mol. The SMILES string of the molecule is Cc1c(N)cncc1-c1ccc(CN2CCCCC2)cc1. The molecule has 1 aromatic carbocycles. The fraction of sp³-hybridized carbons (Fsp3) is 0.389. The van der Waals surface area contributed by atoms with Crippen LogP contribution in [0.5, 0.6) is 0 Å². The maximum absolute atomic E-state index is 5.94. The van der Waals surface area contributed by atoms with Crippen molar-refractivity contribution in [1.82, 2.24) is 9.88 Å². The molecule has 0 amide bonds. The quantitative estimate of drug-likeness (QED) is 0.934. The van der Waals surface area contributed by atoms with Crippen molar-refractivity contribution < 1.29 is 0 Å². The molecule has 0 bridgehead atoms. The lowest BCUT2D eigenvalue weighted by Crippen LogP contribution is -2.28. The molecule has 110 valence electrons. The highest BCUT2D eigenvalue weighted by atomic mass is 15.1. The lowest BCUT2D eigenvalue weighted by Gasteiger charge is -2.26. The number of nitrogens with zero attached hydrogens (tertiary/aromatic N) is 2. The van der Waals surface area contributed by atoms with Crippen LogP contribution in [-0.4, -0.2) is 23.0 Å². The van der Waals surface area contributed by atoms with Crippen molar-refractivity contribution in [2.24, 2.45) is 0 Å². The van der Waals surface area contributed by atoms with Gasteiger partial charge in [0.15, 0.2) is 0 Å². The first-order valence-electron chi connectivity index (χ1n) is 7.76. The number of likely N-dealkylation sites (tertiary alicyclic amines) is 1. The average Bonchev–Trinajstić information content (AvgIpc) is 2.52. The number of rotatable bonds is 3. The molecule has 1 aliphatic rings.